The minimum absolute atomic E-state index is 0.0133. The van der Waals surface area contributed by atoms with Gasteiger partial charge in [-0.3, -0.25) is 24.5 Å². The van der Waals surface area contributed by atoms with Gasteiger partial charge in [-0.25, -0.2) is 0 Å². The second-order valence-corrected chi connectivity index (χ2v) is 16.4. The van der Waals surface area contributed by atoms with Gasteiger partial charge in [0.05, 0.1) is 17.0 Å². The van der Waals surface area contributed by atoms with Crippen molar-refractivity contribution < 1.29 is 19.2 Å². The van der Waals surface area contributed by atoms with E-state index < -0.39 is 28.5 Å². The van der Waals surface area contributed by atoms with Crippen LogP contribution < -0.4 is 16.0 Å². The third-order valence-electron chi connectivity index (χ3n) is 11.3. The number of hydrogen-bond acceptors (Lipinski definition) is 6. The standard InChI is InChI=1S/C34H49N5O4S/c1-20(23(16-35)24-15-33(19-44-24)13-14-36-30(33)43)26(40)21(2)38-34-18-39(17-25(34)32(34,6)7)29(42)27(31(3,4)5)37-28(41)22-11-9-8-10-12-22/h19,21-22,25,27,38H,8-15,17-18H2,1-7H3,(H,36,43)(H,37,41)/b23-20+/t21-,25?,27-,33?,34+/m1/s1. The molecule has 0 bridgehead atoms. The average molecular weight is 624 g/mol. The van der Waals surface area contributed by atoms with E-state index in [-0.39, 0.29) is 40.8 Å². The lowest BCUT2D eigenvalue weighted by atomic mass is 9.82. The zero-order valence-electron chi connectivity index (χ0n) is 27.4. The van der Waals surface area contributed by atoms with Gasteiger partial charge in [0.1, 0.15) is 12.1 Å². The number of carbonyl (C=O) groups excluding carboxylic acids is 4. The minimum Gasteiger partial charge on any atom is -0.355 e. The number of carbonyl (C=O) groups is 4. The Morgan fingerprint density at radius 2 is 1.86 bits per heavy atom. The smallest absolute Gasteiger partial charge is 0.245 e. The summed E-state index contributed by atoms with van der Waals surface area (Å²) in [6.07, 6.45) is 6.17. The first-order valence-electron chi connectivity index (χ1n) is 16.3. The van der Waals surface area contributed by atoms with Crippen molar-refractivity contribution in [1.82, 2.24) is 20.9 Å². The van der Waals surface area contributed by atoms with Crippen LogP contribution in [-0.2, 0) is 19.2 Å². The summed E-state index contributed by atoms with van der Waals surface area (Å²) in [5.74, 6) is -0.108. The van der Waals surface area contributed by atoms with Crippen LogP contribution in [0.5, 0.6) is 0 Å². The molecule has 2 saturated carbocycles. The van der Waals surface area contributed by atoms with Gasteiger partial charge < -0.3 is 15.5 Å². The van der Waals surface area contributed by atoms with Crippen molar-refractivity contribution in [1.29, 1.82) is 5.26 Å². The number of fused-ring (bicyclic) bond motifs is 1. The topological polar surface area (TPSA) is 131 Å². The summed E-state index contributed by atoms with van der Waals surface area (Å²) < 4.78 is 0. The Morgan fingerprint density at radius 1 is 1.18 bits per heavy atom. The summed E-state index contributed by atoms with van der Waals surface area (Å²) in [7, 11) is 1.40. The molecule has 3 heterocycles. The predicted molar refractivity (Wildman–Crippen MR) is 174 cm³/mol. The van der Waals surface area contributed by atoms with E-state index in [0.717, 1.165) is 37.0 Å². The van der Waals surface area contributed by atoms with Crippen LogP contribution in [0.25, 0.3) is 0 Å². The molecule has 0 aromatic rings. The lowest BCUT2D eigenvalue weighted by Gasteiger charge is -2.37. The van der Waals surface area contributed by atoms with Crippen LogP contribution in [-0.4, -0.2) is 75.9 Å². The van der Waals surface area contributed by atoms with Crippen molar-refractivity contribution >= 4 is 44.7 Å². The van der Waals surface area contributed by atoms with Gasteiger partial charge in [0.2, 0.25) is 17.7 Å². The number of nitrogens with zero attached hydrogens (tertiary/aromatic N) is 2. The zero-order valence-corrected chi connectivity index (χ0v) is 28.2. The normalized spacial score (nSPS) is 31.2. The highest BCUT2D eigenvalue weighted by Gasteiger charge is 2.75. The van der Waals surface area contributed by atoms with Crippen LogP contribution in [0.4, 0.5) is 0 Å². The molecule has 240 valence electrons. The van der Waals surface area contributed by atoms with Crippen molar-refractivity contribution in [3.05, 3.63) is 11.1 Å². The van der Waals surface area contributed by atoms with Crippen molar-refractivity contribution in [2.75, 3.05) is 19.6 Å². The summed E-state index contributed by atoms with van der Waals surface area (Å²) in [5.41, 5.74) is -0.849. The van der Waals surface area contributed by atoms with Gasteiger partial charge in [-0.1, -0.05) is 53.9 Å². The molecule has 4 fully saturated rings. The van der Waals surface area contributed by atoms with E-state index in [9.17, 15) is 24.4 Å². The Hall–Kier alpha value is -2.77. The third-order valence-corrected chi connectivity index (χ3v) is 12.5. The molecule has 3 N–H and O–H groups in total. The summed E-state index contributed by atoms with van der Waals surface area (Å²) in [6.45, 7) is 15.5. The maximum atomic E-state index is 14.0. The number of rotatable bonds is 8. The van der Waals surface area contributed by atoms with E-state index in [4.69, 9.17) is 0 Å². The summed E-state index contributed by atoms with van der Waals surface area (Å²) in [6, 6.07) is 1.06. The Labute approximate surface area is 265 Å². The first kappa shape index (κ1) is 32.6. The number of amides is 3. The number of nitriles is 1. The highest BCUT2D eigenvalue weighted by atomic mass is 32.1. The third kappa shape index (κ3) is 5.49. The SMILES string of the molecule is C/C(C(=O)[C@@H](C)N[C@@]12CN(C(=O)[C@@H](NC(=O)C3CCCCC3)C(C)(C)C)CC1C2(C)C)=C(/C#N)C1=S=CC2(CCNC2=O)C1. The number of likely N-dealkylation sites (tertiary alicyclic amines) is 1. The number of piperidine rings is 1. The highest BCUT2D eigenvalue weighted by molar-refractivity contribution is 7.98. The number of allylic oxidation sites excluding steroid dienone is 1. The van der Waals surface area contributed by atoms with E-state index >= 15 is 0 Å². The fraction of sp³-hybridized carbons (Fsp3) is 0.735. The number of ketones is 1. The number of hydrogen-bond donors (Lipinski definition) is 3. The van der Waals surface area contributed by atoms with E-state index in [1.165, 1.54) is 10.9 Å². The van der Waals surface area contributed by atoms with Gasteiger partial charge in [-0.05, 0) is 49.3 Å². The molecule has 0 radical (unpaired) electrons. The molecule has 1 spiro atoms. The lowest BCUT2D eigenvalue weighted by molar-refractivity contribution is -0.140. The van der Waals surface area contributed by atoms with Crippen molar-refractivity contribution in [3.63, 3.8) is 0 Å². The number of nitrogens with one attached hydrogen (secondary N) is 3. The molecule has 2 saturated heterocycles. The van der Waals surface area contributed by atoms with Gasteiger partial charge in [0.15, 0.2) is 5.78 Å². The Morgan fingerprint density at radius 3 is 2.45 bits per heavy atom. The van der Waals surface area contributed by atoms with E-state index in [0.29, 0.717) is 43.6 Å². The largest absolute Gasteiger partial charge is 0.355 e. The lowest BCUT2D eigenvalue weighted by Crippen LogP contribution is -2.58. The van der Waals surface area contributed by atoms with Crippen LogP contribution in [0, 0.1) is 39.4 Å². The molecule has 2 aliphatic carbocycles. The molecule has 0 aromatic carbocycles. The van der Waals surface area contributed by atoms with E-state index in [1.54, 1.807) is 6.92 Å². The molecule has 3 amide bonds. The first-order valence-corrected chi connectivity index (χ1v) is 17.1. The molecular weight excluding hydrogens is 574 g/mol. The molecule has 5 atom stereocenters. The summed E-state index contributed by atoms with van der Waals surface area (Å²) in [5, 5.41) is 21.6. The van der Waals surface area contributed by atoms with Crippen molar-refractivity contribution in [3.8, 4) is 6.07 Å². The maximum Gasteiger partial charge on any atom is 0.245 e. The molecular formula is C34H49N5O4S. The highest BCUT2D eigenvalue weighted by Crippen LogP contribution is 2.65. The van der Waals surface area contributed by atoms with Gasteiger partial charge in [-0.15, -0.1) is 0 Å². The summed E-state index contributed by atoms with van der Waals surface area (Å²) >= 11 is 0. The molecule has 5 rings (SSSR count). The Bertz CT molecular complexity index is 1410. The minimum atomic E-state index is -0.625. The van der Waals surface area contributed by atoms with Crippen LogP contribution in [0.2, 0.25) is 0 Å². The van der Waals surface area contributed by atoms with Crippen molar-refractivity contribution in [2.24, 2.45) is 28.1 Å². The zero-order chi connectivity index (χ0) is 32.2. The molecule has 3 aliphatic heterocycles. The van der Waals surface area contributed by atoms with Crippen LogP contribution in [0.15, 0.2) is 11.1 Å². The molecule has 10 heteroatoms. The first-order chi connectivity index (χ1) is 20.6. The molecule has 5 aliphatic rings. The maximum absolute atomic E-state index is 14.0. The summed E-state index contributed by atoms with van der Waals surface area (Å²) in [4.78, 5) is 56.0. The quantitative estimate of drug-likeness (QED) is 0.216. The van der Waals surface area contributed by atoms with Gasteiger partial charge in [-0.2, -0.15) is 16.2 Å². The monoisotopic (exact) mass is 623 g/mol. The molecule has 2 unspecified atom stereocenters. The number of Topliss-reactive ketones (excluding diaryl/α,β-unsaturated/α-hetero) is 1. The van der Waals surface area contributed by atoms with E-state index in [2.05, 4.69) is 35.9 Å². The second kappa shape index (κ2) is 11.5. The fourth-order valence-electron chi connectivity index (χ4n) is 8.13. The molecule has 9 nitrogen and oxygen atoms in total. The molecule has 44 heavy (non-hydrogen) atoms. The van der Waals surface area contributed by atoms with Crippen LogP contribution in [0.3, 0.4) is 0 Å². The van der Waals surface area contributed by atoms with E-state index in [1.807, 2.05) is 38.0 Å². The Kier molecular flexibility index (Phi) is 8.56. The van der Waals surface area contributed by atoms with Crippen LogP contribution >= 0.6 is 10.9 Å². The van der Waals surface area contributed by atoms with Crippen LogP contribution in [0.1, 0.15) is 93.4 Å². The van der Waals surface area contributed by atoms with Crippen molar-refractivity contribution in [2.45, 2.75) is 111 Å². The molecule has 0 aromatic heterocycles. The Balaban J connectivity index is 1.28. The predicted octanol–water partition coefficient (Wildman–Crippen LogP) is 3.34. The van der Waals surface area contributed by atoms with Gasteiger partial charge in [0, 0.05) is 53.9 Å². The fourth-order valence-corrected chi connectivity index (χ4v) is 9.47. The van der Waals surface area contributed by atoms with Gasteiger partial charge >= 0.3 is 0 Å². The second-order valence-electron chi connectivity index (χ2n) is 15.4. The average Bonchev–Trinajstić information content (AvgIpc) is 3.51. The van der Waals surface area contributed by atoms with Gasteiger partial charge in [0.25, 0.3) is 0 Å².